The maximum Gasteiger partial charge on any atom is 0.347 e. The summed E-state index contributed by atoms with van der Waals surface area (Å²) in [5, 5.41) is 10.7. The number of benzene rings is 1. The van der Waals surface area contributed by atoms with Crippen LogP contribution in [0.1, 0.15) is 62.3 Å². The number of methoxy groups -OCH3 is 1. The van der Waals surface area contributed by atoms with Gasteiger partial charge in [-0.1, -0.05) is 32.4 Å². The first-order chi connectivity index (χ1) is 13.5. The lowest BCUT2D eigenvalue weighted by Crippen LogP contribution is -2.31. The Balaban J connectivity index is 1.90. The molecule has 0 fully saturated rings. The van der Waals surface area contributed by atoms with Crippen molar-refractivity contribution in [2.45, 2.75) is 57.5 Å². The summed E-state index contributed by atoms with van der Waals surface area (Å²) in [6.45, 7) is 4.07. The highest BCUT2D eigenvalue weighted by atomic mass is 16.5. The Bertz CT molecular complexity index is 871. The van der Waals surface area contributed by atoms with E-state index in [0.29, 0.717) is 25.0 Å². The minimum absolute atomic E-state index is 0.00853. The predicted molar refractivity (Wildman–Crippen MR) is 108 cm³/mol. The van der Waals surface area contributed by atoms with Crippen LogP contribution in [-0.2, 0) is 16.8 Å². The first-order valence-electron chi connectivity index (χ1n) is 9.86. The van der Waals surface area contributed by atoms with Gasteiger partial charge in [-0.05, 0) is 43.0 Å². The van der Waals surface area contributed by atoms with Crippen molar-refractivity contribution in [2.75, 3.05) is 7.11 Å². The van der Waals surface area contributed by atoms with Crippen LogP contribution in [0.4, 0.5) is 0 Å². The monoisotopic (exact) mass is 384 g/mol. The van der Waals surface area contributed by atoms with E-state index < -0.39 is 11.2 Å². The molecular weight excluding hydrogens is 356 g/mol. The molecule has 5 heteroatoms. The lowest BCUT2D eigenvalue weighted by Gasteiger charge is -2.28. The fourth-order valence-electron chi connectivity index (χ4n) is 3.93. The van der Waals surface area contributed by atoms with Gasteiger partial charge in [0.25, 0.3) is 0 Å². The Morgan fingerprint density at radius 2 is 2.00 bits per heavy atom. The summed E-state index contributed by atoms with van der Waals surface area (Å²) in [7, 11) is 1.64. The Kier molecular flexibility index (Phi) is 6.12. The summed E-state index contributed by atoms with van der Waals surface area (Å²) in [5.74, 6) is 1.25. The molecule has 28 heavy (non-hydrogen) atoms. The first-order valence-corrected chi connectivity index (χ1v) is 9.86. The van der Waals surface area contributed by atoms with Gasteiger partial charge >= 0.3 is 5.63 Å². The van der Waals surface area contributed by atoms with Gasteiger partial charge in [0, 0.05) is 18.4 Å². The van der Waals surface area contributed by atoms with Crippen LogP contribution in [-0.4, -0.2) is 12.2 Å². The van der Waals surface area contributed by atoms with E-state index in [1.165, 1.54) is 0 Å². The van der Waals surface area contributed by atoms with Crippen LogP contribution in [0.25, 0.3) is 0 Å². The van der Waals surface area contributed by atoms with Crippen molar-refractivity contribution in [1.82, 2.24) is 0 Å². The molecule has 2 atom stereocenters. The highest BCUT2D eigenvalue weighted by Gasteiger charge is 2.40. The number of hydrogen-bond acceptors (Lipinski definition) is 5. The number of ether oxygens (including phenoxy) is 2. The maximum atomic E-state index is 12.8. The summed E-state index contributed by atoms with van der Waals surface area (Å²) >= 11 is 0. The third-order valence-electron chi connectivity index (χ3n) is 5.43. The number of aromatic hydroxyl groups is 1. The smallest absolute Gasteiger partial charge is 0.347 e. The van der Waals surface area contributed by atoms with Gasteiger partial charge in [0.05, 0.1) is 13.4 Å². The van der Waals surface area contributed by atoms with Gasteiger partial charge in [0.2, 0.25) is 0 Å². The van der Waals surface area contributed by atoms with Gasteiger partial charge in [-0.3, -0.25) is 0 Å². The van der Waals surface area contributed by atoms with E-state index in [2.05, 4.69) is 0 Å². The number of hydrogen-bond donors (Lipinski definition) is 1. The van der Waals surface area contributed by atoms with Crippen molar-refractivity contribution in [3.05, 3.63) is 70.0 Å². The molecule has 1 N–H and O–H groups in total. The van der Waals surface area contributed by atoms with Crippen LogP contribution in [0, 0.1) is 0 Å². The molecule has 0 spiro atoms. The second-order valence-corrected chi connectivity index (χ2v) is 7.29. The predicted octanol–water partition coefficient (Wildman–Crippen LogP) is 5.02. The van der Waals surface area contributed by atoms with Crippen molar-refractivity contribution in [1.29, 1.82) is 0 Å². The average molecular weight is 384 g/mol. The van der Waals surface area contributed by atoms with Crippen molar-refractivity contribution in [3.8, 4) is 11.5 Å². The molecule has 2 unspecified atom stereocenters. The largest absolute Gasteiger partial charge is 0.507 e. The minimum atomic E-state index is -0.824. The van der Waals surface area contributed by atoms with E-state index in [0.717, 1.165) is 24.2 Å². The molecule has 0 saturated heterocycles. The average Bonchev–Trinajstić information content (AvgIpc) is 3.15. The van der Waals surface area contributed by atoms with Gasteiger partial charge < -0.3 is 19.0 Å². The molecular formula is C23H28O5. The number of rotatable bonds is 8. The van der Waals surface area contributed by atoms with Crippen LogP contribution in [0.2, 0.25) is 0 Å². The van der Waals surface area contributed by atoms with Crippen molar-refractivity contribution >= 4 is 0 Å². The molecule has 1 aromatic heterocycles. The highest BCUT2D eigenvalue weighted by Crippen LogP contribution is 2.42. The molecule has 2 heterocycles. The topological polar surface area (TPSA) is 68.9 Å². The van der Waals surface area contributed by atoms with Crippen molar-refractivity contribution in [2.24, 2.45) is 0 Å². The Labute approximate surface area is 165 Å². The van der Waals surface area contributed by atoms with E-state index in [9.17, 15) is 9.90 Å². The van der Waals surface area contributed by atoms with E-state index >= 15 is 0 Å². The third kappa shape index (κ3) is 3.93. The van der Waals surface area contributed by atoms with Gasteiger partial charge in [-0.15, -0.1) is 0 Å². The molecule has 2 aromatic rings. The zero-order chi connectivity index (χ0) is 20.1. The van der Waals surface area contributed by atoms with Crippen LogP contribution < -0.4 is 10.4 Å². The second-order valence-electron chi connectivity index (χ2n) is 7.29. The lowest BCUT2D eigenvalue weighted by atomic mass is 9.86. The van der Waals surface area contributed by atoms with Crippen LogP contribution in [0.3, 0.4) is 0 Å². The molecule has 3 rings (SSSR count). The first kappa shape index (κ1) is 20.1. The van der Waals surface area contributed by atoms with Crippen molar-refractivity contribution in [3.63, 3.8) is 0 Å². The molecule has 5 nitrogen and oxygen atoms in total. The summed E-state index contributed by atoms with van der Waals surface area (Å²) in [6.07, 6.45) is 6.99. The normalized spacial score (nSPS) is 19.4. The van der Waals surface area contributed by atoms with E-state index in [1.807, 2.05) is 44.2 Å². The molecule has 0 aliphatic carbocycles. The van der Waals surface area contributed by atoms with E-state index in [1.54, 1.807) is 19.4 Å². The summed E-state index contributed by atoms with van der Waals surface area (Å²) in [4.78, 5) is 12.8. The summed E-state index contributed by atoms with van der Waals surface area (Å²) in [6, 6.07) is 9.42. The Morgan fingerprint density at radius 3 is 2.54 bits per heavy atom. The fourth-order valence-corrected chi connectivity index (χ4v) is 3.93. The highest BCUT2D eigenvalue weighted by molar-refractivity contribution is 5.38. The van der Waals surface area contributed by atoms with Gasteiger partial charge in [0.15, 0.2) is 0 Å². The maximum absolute atomic E-state index is 12.8. The SMILES string of the molecule is CCCC1(c2c(O)cc(C(CC)Cc3ccc(OC)cc3)oc2=O)CC=CO1. The molecule has 150 valence electrons. The van der Waals surface area contributed by atoms with Crippen molar-refractivity contribution < 1.29 is 19.0 Å². The van der Waals surface area contributed by atoms with Gasteiger partial charge in [-0.25, -0.2) is 4.79 Å². The van der Waals surface area contributed by atoms with E-state index in [-0.39, 0.29) is 17.2 Å². The Hall–Kier alpha value is -2.69. The second kappa shape index (κ2) is 8.55. The molecule has 0 bridgehead atoms. The Morgan fingerprint density at radius 1 is 1.25 bits per heavy atom. The third-order valence-corrected chi connectivity index (χ3v) is 5.43. The zero-order valence-electron chi connectivity index (χ0n) is 16.7. The fraction of sp³-hybridized carbons (Fsp3) is 0.435. The van der Waals surface area contributed by atoms with E-state index in [4.69, 9.17) is 13.9 Å². The van der Waals surface area contributed by atoms with Gasteiger partial charge in [-0.2, -0.15) is 0 Å². The summed E-state index contributed by atoms with van der Waals surface area (Å²) in [5.41, 5.74) is 0.00251. The van der Waals surface area contributed by atoms with Crippen LogP contribution in [0.15, 0.2) is 51.9 Å². The molecule has 1 aliphatic heterocycles. The molecule has 1 aromatic carbocycles. The molecule has 1 aliphatic rings. The molecule has 0 saturated carbocycles. The molecule has 0 amide bonds. The van der Waals surface area contributed by atoms with Crippen LogP contribution >= 0.6 is 0 Å². The minimum Gasteiger partial charge on any atom is -0.507 e. The zero-order valence-corrected chi connectivity index (χ0v) is 16.7. The van der Waals surface area contributed by atoms with Gasteiger partial charge in [0.1, 0.15) is 28.4 Å². The molecule has 0 radical (unpaired) electrons. The van der Waals surface area contributed by atoms with Crippen LogP contribution in [0.5, 0.6) is 11.5 Å². The summed E-state index contributed by atoms with van der Waals surface area (Å²) < 4.78 is 16.7. The standard InChI is InChI=1S/C23H28O5/c1-4-11-23(12-6-13-27-23)21-19(24)15-20(28-22(21)25)17(5-2)14-16-7-9-18(26-3)10-8-16/h6-10,13,15,17,24H,4-5,11-12,14H2,1-3H3. The lowest BCUT2D eigenvalue weighted by molar-refractivity contribution is 0.0256. The quantitative estimate of drug-likeness (QED) is 0.692.